The van der Waals surface area contributed by atoms with Gasteiger partial charge in [0.25, 0.3) is 0 Å². The molecule has 12 aromatic rings. The van der Waals surface area contributed by atoms with Crippen LogP contribution in [0.2, 0.25) is 0 Å². The fourth-order valence-corrected chi connectivity index (χ4v) is 13.7. The highest BCUT2D eigenvalue weighted by molar-refractivity contribution is 7.30. The Kier molecular flexibility index (Phi) is 6.49. The number of benzene rings is 6. The molecular formula is C44H22N2S6. The van der Waals surface area contributed by atoms with Gasteiger partial charge in [0.2, 0.25) is 0 Å². The average Bonchev–Trinajstić information content (AvgIpc) is 4.01. The highest BCUT2D eigenvalue weighted by Gasteiger charge is 2.16. The molecule has 0 amide bonds. The predicted molar refractivity (Wildman–Crippen MR) is 234 cm³/mol. The lowest BCUT2D eigenvalue weighted by Crippen LogP contribution is -1.72. The summed E-state index contributed by atoms with van der Waals surface area (Å²) in [4.78, 5) is 17.2. The molecule has 0 fully saturated rings. The van der Waals surface area contributed by atoms with Crippen LogP contribution < -0.4 is 0 Å². The topological polar surface area (TPSA) is 25.8 Å². The molecule has 0 spiro atoms. The Labute approximate surface area is 321 Å². The van der Waals surface area contributed by atoms with E-state index in [0.717, 1.165) is 10.0 Å². The lowest BCUT2D eigenvalue weighted by molar-refractivity contribution is 1.43. The number of aromatic nitrogens is 2. The van der Waals surface area contributed by atoms with E-state index in [1.165, 1.54) is 102 Å². The zero-order chi connectivity index (χ0) is 33.9. The molecule has 0 radical (unpaired) electrons. The predicted octanol–water partition coefficient (Wildman–Crippen LogP) is 15.6. The van der Waals surface area contributed by atoms with E-state index >= 15 is 0 Å². The van der Waals surface area contributed by atoms with Gasteiger partial charge in [-0.25, -0.2) is 9.97 Å². The standard InChI is InChI=1S/C44H22N2S6/c1-3-7-25-13-33-29(9-23(25)5-1)19-39(49-33)43-45-21-41(51-43)37-17-31-11-27-16-36-32(12-28(27)15-35(31)47-37)18-38(48-36)42-22-46-44(52-42)40-20-30-10-24-6-2-4-8-26(24)14-34(30)50-40/h1-22H. The second-order valence-electron chi connectivity index (χ2n) is 13.1. The number of thiazole rings is 2. The first-order valence-electron chi connectivity index (χ1n) is 16.8. The van der Waals surface area contributed by atoms with Crippen molar-refractivity contribution in [2.75, 3.05) is 0 Å². The normalized spacial score (nSPS) is 12.2. The quantitative estimate of drug-likeness (QED) is 0.178. The van der Waals surface area contributed by atoms with Crippen molar-refractivity contribution in [3.63, 3.8) is 0 Å². The van der Waals surface area contributed by atoms with Gasteiger partial charge in [0, 0.05) is 40.9 Å². The molecule has 244 valence electrons. The Balaban J connectivity index is 0.850. The van der Waals surface area contributed by atoms with Gasteiger partial charge < -0.3 is 0 Å². The van der Waals surface area contributed by atoms with E-state index in [1.54, 1.807) is 22.7 Å². The van der Waals surface area contributed by atoms with E-state index in [2.05, 4.69) is 134 Å². The van der Waals surface area contributed by atoms with E-state index in [1.807, 2.05) is 45.3 Å². The minimum atomic E-state index is 1.09. The third-order valence-corrected chi connectivity index (χ3v) is 16.9. The molecule has 0 saturated carbocycles. The summed E-state index contributed by atoms with van der Waals surface area (Å²) in [7, 11) is 0. The van der Waals surface area contributed by atoms with Crippen LogP contribution in [-0.4, -0.2) is 9.97 Å². The van der Waals surface area contributed by atoms with Crippen molar-refractivity contribution in [2.24, 2.45) is 0 Å². The molecule has 0 bridgehead atoms. The highest BCUT2D eigenvalue weighted by atomic mass is 32.1. The number of fused-ring (bicyclic) bond motifs is 7. The molecular weight excluding hydrogens is 749 g/mol. The molecule has 2 nitrogen and oxygen atoms in total. The van der Waals surface area contributed by atoms with Crippen LogP contribution in [0.1, 0.15) is 0 Å². The Morgan fingerprint density at radius 2 is 0.596 bits per heavy atom. The van der Waals surface area contributed by atoms with Crippen molar-refractivity contribution in [2.45, 2.75) is 0 Å². The second kappa shape index (κ2) is 11.3. The summed E-state index contributed by atoms with van der Waals surface area (Å²) < 4.78 is 5.24. The average molecular weight is 771 g/mol. The Morgan fingerprint density at radius 1 is 0.269 bits per heavy atom. The SMILES string of the molecule is c1ccc2cc3sc(-c4ncc(-c5cc6cc7cc8sc(-c9cnc(-c%10cc%11cc%12ccccc%12cc%11s%10)s9)cc8cc7cc6s5)s4)cc3cc2c1. The number of hydrogen-bond donors (Lipinski definition) is 0. The van der Waals surface area contributed by atoms with Crippen LogP contribution in [0.4, 0.5) is 0 Å². The number of nitrogens with zero attached hydrogens (tertiary/aromatic N) is 2. The van der Waals surface area contributed by atoms with Gasteiger partial charge in [-0.3, -0.25) is 0 Å². The van der Waals surface area contributed by atoms with Crippen molar-refractivity contribution in [3.8, 4) is 39.3 Å². The summed E-state index contributed by atoms with van der Waals surface area (Å²) >= 11 is 11.0. The lowest BCUT2D eigenvalue weighted by atomic mass is 10.1. The summed E-state index contributed by atoms with van der Waals surface area (Å²) in [5.74, 6) is 0. The summed E-state index contributed by atoms with van der Waals surface area (Å²) in [6, 6.07) is 45.1. The van der Waals surface area contributed by atoms with E-state index < -0.39 is 0 Å². The van der Waals surface area contributed by atoms with E-state index in [-0.39, 0.29) is 0 Å². The first kappa shape index (κ1) is 29.7. The molecule has 0 aliphatic carbocycles. The molecule has 0 N–H and O–H groups in total. The fourth-order valence-electron chi connectivity index (χ4n) is 7.24. The number of hydrogen-bond acceptors (Lipinski definition) is 8. The molecule has 6 aromatic carbocycles. The van der Waals surface area contributed by atoms with Gasteiger partial charge in [0.15, 0.2) is 0 Å². The second-order valence-corrected chi connectivity index (χ2v) is 19.5. The van der Waals surface area contributed by atoms with Crippen LogP contribution in [0.25, 0.3) is 112 Å². The van der Waals surface area contributed by atoms with Crippen LogP contribution in [0.3, 0.4) is 0 Å². The van der Waals surface area contributed by atoms with Gasteiger partial charge in [-0.2, -0.15) is 0 Å². The van der Waals surface area contributed by atoms with Crippen molar-refractivity contribution < 1.29 is 0 Å². The molecule has 0 aliphatic heterocycles. The van der Waals surface area contributed by atoms with Gasteiger partial charge in [-0.15, -0.1) is 68.0 Å². The van der Waals surface area contributed by atoms with E-state index in [0.29, 0.717) is 0 Å². The van der Waals surface area contributed by atoms with E-state index in [4.69, 9.17) is 9.97 Å². The first-order chi connectivity index (χ1) is 25.6. The molecule has 0 saturated heterocycles. The van der Waals surface area contributed by atoms with Crippen molar-refractivity contribution in [1.29, 1.82) is 0 Å². The minimum Gasteiger partial charge on any atom is -0.243 e. The van der Waals surface area contributed by atoms with Crippen LogP contribution in [-0.2, 0) is 0 Å². The zero-order valence-corrected chi connectivity index (χ0v) is 31.9. The Hall–Kier alpha value is -4.80. The summed E-state index contributed by atoms with van der Waals surface area (Å²) in [6.07, 6.45) is 4.10. The fraction of sp³-hybridized carbons (Fsp3) is 0. The number of thiophene rings is 4. The van der Waals surface area contributed by atoms with Gasteiger partial charge in [0.05, 0.1) is 19.5 Å². The third-order valence-electron chi connectivity index (χ3n) is 9.80. The maximum atomic E-state index is 4.89. The summed E-state index contributed by atoms with van der Waals surface area (Å²) in [6.45, 7) is 0. The molecule has 6 heterocycles. The smallest absolute Gasteiger partial charge is 0.133 e. The first-order valence-corrected chi connectivity index (χ1v) is 21.7. The van der Waals surface area contributed by atoms with Crippen LogP contribution in [0, 0.1) is 0 Å². The van der Waals surface area contributed by atoms with Gasteiger partial charge >= 0.3 is 0 Å². The highest BCUT2D eigenvalue weighted by Crippen LogP contribution is 2.45. The maximum absolute atomic E-state index is 4.89. The summed E-state index contributed by atoms with van der Waals surface area (Å²) in [5, 5.41) is 15.0. The third kappa shape index (κ3) is 4.83. The van der Waals surface area contributed by atoms with Gasteiger partial charge in [0.1, 0.15) is 10.0 Å². The van der Waals surface area contributed by atoms with Gasteiger partial charge in [-0.05, 0) is 127 Å². The van der Waals surface area contributed by atoms with E-state index in [9.17, 15) is 0 Å². The molecule has 12 rings (SSSR count). The van der Waals surface area contributed by atoms with Gasteiger partial charge in [-0.1, -0.05) is 48.5 Å². The Bertz CT molecular complexity index is 2990. The molecule has 0 unspecified atom stereocenters. The number of rotatable bonds is 4. The monoisotopic (exact) mass is 770 g/mol. The molecule has 0 aliphatic rings. The van der Waals surface area contributed by atoms with Crippen LogP contribution >= 0.6 is 68.0 Å². The summed E-state index contributed by atoms with van der Waals surface area (Å²) in [5.41, 5.74) is 0. The van der Waals surface area contributed by atoms with Crippen molar-refractivity contribution in [1.82, 2.24) is 9.97 Å². The van der Waals surface area contributed by atoms with Crippen LogP contribution in [0.15, 0.2) is 134 Å². The molecule has 6 aromatic heterocycles. The van der Waals surface area contributed by atoms with Crippen LogP contribution in [0.5, 0.6) is 0 Å². The van der Waals surface area contributed by atoms with Crippen molar-refractivity contribution in [3.05, 3.63) is 134 Å². The molecule has 52 heavy (non-hydrogen) atoms. The Morgan fingerprint density at radius 3 is 1.02 bits per heavy atom. The van der Waals surface area contributed by atoms with Crippen molar-refractivity contribution >= 4 is 141 Å². The lowest BCUT2D eigenvalue weighted by Gasteiger charge is -1.99. The molecule has 8 heteroatoms. The maximum Gasteiger partial charge on any atom is 0.133 e. The zero-order valence-electron chi connectivity index (χ0n) is 27.0. The largest absolute Gasteiger partial charge is 0.243 e. The minimum absolute atomic E-state index is 1.09. The molecule has 0 atom stereocenters.